The van der Waals surface area contributed by atoms with Gasteiger partial charge < -0.3 is 24.4 Å². The molecule has 1 aromatic carbocycles. The van der Waals surface area contributed by atoms with Gasteiger partial charge in [-0.3, -0.25) is 4.79 Å². The summed E-state index contributed by atoms with van der Waals surface area (Å²) < 4.78 is 17.7. The number of hydrogen-bond donors (Lipinski definition) is 2. The van der Waals surface area contributed by atoms with Gasteiger partial charge in [-0.15, -0.1) is 0 Å². The molecule has 7 heteroatoms. The zero-order chi connectivity index (χ0) is 26.4. The van der Waals surface area contributed by atoms with Gasteiger partial charge in [0.2, 0.25) is 0 Å². The highest BCUT2D eigenvalue weighted by Gasteiger charge is 2.43. The van der Waals surface area contributed by atoms with Crippen molar-refractivity contribution < 1.29 is 34.0 Å². The van der Waals surface area contributed by atoms with Crippen LogP contribution in [0.3, 0.4) is 0 Å². The Labute approximate surface area is 219 Å². The summed E-state index contributed by atoms with van der Waals surface area (Å²) in [5.74, 6) is 0.162. The Morgan fingerprint density at radius 3 is 2.68 bits per heavy atom. The van der Waals surface area contributed by atoms with E-state index in [0.717, 1.165) is 24.8 Å². The molecule has 202 valence electrons. The second-order valence-corrected chi connectivity index (χ2v) is 10.7. The summed E-state index contributed by atoms with van der Waals surface area (Å²) >= 11 is 0. The smallest absolute Gasteiger partial charge is 0.347 e. The SMILES string of the molecule is CCCC[C@H](Oc1ccccc1)C(=O)OC1CC(O)C=C2C=CC(C)C(CC[C@@H]3C[C@@H](O)CC(=O)O3)C21. The van der Waals surface area contributed by atoms with Gasteiger partial charge >= 0.3 is 11.9 Å². The first kappa shape index (κ1) is 27.4. The van der Waals surface area contributed by atoms with E-state index >= 15 is 0 Å². The second-order valence-electron chi connectivity index (χ2n) is 10.7. The number of fused-ring (bicyclic) bond motifs is 1. The largest absolute Gasteiger partial charge is 0.479 e. The molecular formula is C30H40O7. The lowest BCUT2D eigenvalue weighted by Gasteiger charge is -2.43. The molecule has 3 aliphatic rings. The lowest BCUT2D eigenvalue weighted by atomic mass is 9.66. The number of benzene rings is 1. The van der Waals surface area contributed by atoms with Gasteiger partial charge in [-0.1, -0.05) is 56.7 Å². The Morgan fingerprint density at radius 2 is 1.95 bits per heavy atom. The van der Waals surface area contributed by atoms with E-state index in [1.165, 1.54) is 0 Å². The average molecular weight is 513 g/mol. The third-order valence-electron chi connectivity index (χ3n) is 7.80. The number of carbonyl (C=O) groups is 2. The van der Waals surface area contributed by atoms with Gasteiger partial charge in [-0.25, -0.2) is 4.79 Å². The fourth-order valence-corrected chi connectivity index (χ4v) is 5.91. The number of cyclic esters (lactones) is 1. The van der Waals surface area contributed by atoms with Gasteiger partial charge in [0, 0.05) is 18.8 Å². The Balaban J connectivity index is 1.48. The standard InChI is InChI=1S/C30H40O7/c1-3-4-10-26(35-23-8-6-5-7-9-23)30(34)37-27-17-21(31)15-20-12-11-19(2)25(29(20)27)14-13-24-16-22(32)18-28(33)36-24/h5-9,11-12,15,19,21-22,24-27,29,31-32H,3-4,10,13-14,16-18H2,1-2H3/t19?,21?,22-,24-,25?,26+,27?,29?/m1/s1. The van der Waals surface area contributed by atoms with Crippen LogP contribution in [0.15, 0.2) is 54.1 Å². The normalized spacial score (nSPS) is 32.1. The molecule has 1 aromatic rings. The molecular weight excluding hydrogens is 472 g/mol. The summed E-state index contributed by atoms with van der Waals surface area (Å²) in [5, 5.41) is 20.6. The van der Waals surface area contributed by atoms with Crippen molar-refractivity contribution in [2.24, 2.45) is 17.8 Å². The topological polar surface area (TPSA) is 102 Å². The van der Waals surface area contributed by atoms with Crippen LogP contribution < -0.4 is 4.74 Å². The molecule has 0 bridgehead atoms. The molecule has 0 spiro atoms. The highest BCUT2D eigenvalue weighted by molar-refractivity contribution is 5.75. The maximum atomic E-state index is 13.4. The lowest BCUT2D eigenvalue weighted by Crippen LogP contribution is -2.44. The van der Waals surface area contributed by atoms with Gasteiger partial charge in [0.1, 0.15) is 18.0 Å². The Morgan fingerprint density at radius 1 is 1.16 bits per heavy atom. The number of allylic oxidation sites excluding steroid dienone is 2. The third-order valence-corrected chi connectivity index (χ3v) is 7.80. The molecule has 37 heavy (non-hydrogen) atoms. The number of hydrogen-bond acceptors (Lipinski definition) is 7. The zero-order valence-corrected chi connectivity index (χ0v) is 21.8. The number of para-hydroxylation sites is 1. The summed E-state index contributed by atoms with van der Waals surface area (Å²) in [6, 6.07) is 9.30. The van der Waals surface area contributed by atoms with Crippen molar-refractivity contribution in [2.75, 3.05) is 0 Å². The fraction of sp³-hybridized carbons (Fsp3) is 0.600. The second kappa shape index (κ2) is 12.7. The molecule has 0 aromatic heterocycles. The molecule has 4 rings (SSSR count). The van der Waals surface area contributed by atoms with Gasteiger partial charge in [0.05, 0.1) is 18.6 Å². The van der Waals surface area contributed by atoms with Crippen molar-refractivity contribution in [2.45, 2.75) is 95.7 Å². The van der Waals surface area contributed by atoms with Crippen LogP contribution in [0.1, 0.15) is 65.2 Å². The van der Waals surface area contributed by atoms with Crippen LogP contribution in [-0.4, -0.2) is 52.7 Å². The van der Waals surface area contributed by atoms with Crippen LogP contribution in [-0.2, 0) is 19.1 Å². The lowest BCUT2D eigenvalue weighted by molar-refractivity contribution is -0.165. The molecule has 7 nitrogen and oxygen atoms in total. The molecule has 0 saturated carbocycles. The maximum absolute atomic E-state index is 13.4. The molecule has 1 fully saturated rings. The van der Waals surface area contributed by atoms with Crippen molar-refractivity contribution in [3.05, 3.63) is 54.1 Å². The van der Waals surface area contributed by atoms with E-state index in [9.17, 15) is 19.8 Å². The van der Waals surface area contributed by atoms with Crippen molar-refractivity contribution in [1.82, 2.24) is 0 Å². The number of carbonyl (C=O) groups excluding carboxylic acids is 2. The summed E-state index contributed by atoms with van der Waals surface area (Å²) in [5.41, 5.74) is 0.981. The molecule has 8 atom stereocenters. The monoisotopic (exact) mass is 512 g/mol. The van der Waals surface area contributed by atoms with E-state index in [0.29, 0.717) is 31.4 Å². The molecule has 1 aliphatic heterocycles. The third kappa shape index (κ3) is 7.23. The van der Waals surface area contributed by atoms with Gasteiger partial charge in [-0.2, -0.15) is 0 Å². The molecule has 0 radical (unpaired) electrons. The molecule has 1 heterocycles. The number of aliphatic hydroxyl groups is 2. The van der Waals surface area contributed by atoms with Crippen LogP contribution in [0.25, 0.3) is 0 Å². The first-order valence-electron chi connectivity index (χ1n) is 13.7. The van der Waals surface area contributed by atoms with Crippen LogP contribution >= 0.6 is 0 Å². The fourth-order valence-electron chi connectivity index (χ4n) is 5.91. The van der Waals surface area contributed by atoms with Crippen LogP contribution in [0.5, 0.6) is 5.75 Å². The molecule has 2 N–H and O–H groups in total. The first-order chi connectivity index (χ1) is 17.8. The Kier molecular flexibility index (Phi) is 9.43. The van der Waals surface area contributed by atoms with Crippen LogP contribution in [0.2, 0.25) is 0 Å². The summed E-state index contributed by atoms with van der Waals surface area (Å²) in [4.78, 5) is 25.2. The highest BCUT2D eigenvalue weighted by atomic mass is 16.6. The van der Waals surface area contributed by atoms with E-state index < -0.39 is 30.4 Å². The van der Waals surface area contributed by atoms with E-state index in [4.69, 9.17) is 14.2 Å². The van der Waals surface area contributed by atoms with Gasteiger partial charge in [0.25, 0.3) is 0 Å². The number of ether oxygens (including phenoxy) is 3. The van der Waals surface area contributed by atoms with Crippen molar-refractivity contribution in [1.29, 1.82) is 0 Å². The zero-order valence-electron chi connectivity index (χ0n) is 21.8. The van der Waals surface area contributed by atoms with E-state index in [-0.39, 0.29) is 36.2 Å². The predicted molar refractivity (Wildman–Crippen MR) is 139 cm³/mol. The maximum Gasteiger partial charge on any atom is 0.347 e. The van der Waals surface area contributed by atoms with E-state index in [1.807, 2.05) is 42.5 Å². The van der Waals surface area contributed by atoms with E-state index in [2.05, 4.69) is 19.9 Å². The quantitative estimate of drug-likeness (QED) is 0.445. The average Bonchev–Trinajstić information content (AvgIpc) is 2.86. The first-order valence-corrected chi connectivity index (χ1v) is 13.7. The predicted octanol–water partition coefficient (Wildman–Crippen LogP) is 4.51. The molecule has 2 aliphatic carbocycles. The minimum Gasteiger partial charge on any atom is -0.479 e. The number of aliphatic hydroxyl groups excluding tert-OH is 2. The number of esters is 2. The Hall–Kier alpha value is -2.64. The summed E-state index contributed by atoms with van der Waals surface area (Å²) in [7, 11) is 0. The summed E-state index contributed by atoms with van der Waals surface area (Å²) in [6.45, 7) is 4.22. The minimum absolute atomic E-state index is 0.0503. The number of rotatable bonds is 10. The minimum atomic E-state index is -0.716. The molecule has 1 saturated heterocycles. The number of unbranched alkanes of at least 4 members (excludes halogenated alkanes) is 1. The van der Waals surface area contributed by atoms with Gasteiger partial charge in [0.15, 0.2) is 6.10 Å². The van der Waals surface area contributed by atoms with Crippen molar-refractivity contribution in [3.63, 3.8) is 0 Å². The Bertz CT molecular complexity index is 971. The highest BCUT2D eigenvalue weighted by Crippen LogP contribution is 2.44. The summed E-state index contributed by atoms with van der Waals surface area (Å²) in [6.07, 6.45) is 7.72. The molecule has 5 unspecified atom stereocenters. The van der Waals surface area contributed by atoms with Crippen LogP contribution in [0, 0.1) is 17.8 Å². The van der Waals surface area contributed by atoms with E-state index in [1.54, 1.807) is 0 Å². The molecule has 0 amide bonds. The van der Waals surface area contributed by atoms with Crippen molar-refractivity contribution in [3.8, 4) is 5.75 Å². The van der Waals surface area contributed by atoms with Crippen molar-refractivity contribution >= 4 is 11.9 Å². The van der Waals surface area contributed by atoms with Crippen LogP contribution in [0.4, 0.5) is 0 Å². The van der Waals surface area contributed by atoms with Gasteiger partial charge in [-0.05, 0) is 55.2 Å².